The van der Waals surface area contributed by atoms with Crippen molar-refractivity contribution in [3.8, 4) is 0 Å². The summed E-state index contributed by atoms with van der Waals surface area (Å²) in [7, 11) is 1.36. The number of carbonyl (C=O) groups excluding carboxylic acids is 1. The van der Waals surface area contributed by atoms with Gasteiger partial charge in [-0.15, -0.1) is 0 Å². The zero-order valence-corrected chi connectivity index (χ0v) is 10.3. The van der Waals surface area contributed by atoms with Crippen LogP contribution < -0.4 is 5.32 Å². The number of anilines is 1. The van der Waals surface area contributed by atoms with Crippen molar-refractivity contribution >= 4 is 23.3 Å². The molecule has 0 saturated heterocycles. The van der Waals surface area contributed by atoms with Gasteiger partial charge in [0.25, 0.3) is 0 Å². The van der Waals surface area contributed by atoms with Crippen LogP contribution in [0.3, 0.4) is 0 Å². The van der Waals surface area contributed by atoms with E-state index in [-0.39, 0.29) is 5.97 Å². The van der Waals surface area contributed by atoms with E-state index >= 15 is 0 Å². The highest BCUT2D eigenvalue weighted by Gasteiger charge is 2.11. The van der Waals surface area contributed by atoms with Crippen LogP contribution in [0.5, 0.6) is 0 Å². The standard InChI is InChI=1S/C12H16ClNO2/c1-3-4-7-14-11-6-5-9(13)8-10(11)12(15)16-2/h5-6,8,14H,3-4,7H2,1-2H3. The van der Waals surface area contributed by atoms with Crippen molar-refractivity contribution in [1.82, 2.24) is 0 Å². The number of hydrogen-bond acceptors (Lipinski definition) is 3. The maximum Gasteiger partial charge on any atom is 0.340 e. The molecular formula is C12H16ClNO2. The number of carbonyl (C=O) groups is 1. The molecule has 0 fully saturated rings. The summed E-state index contributed by atoms with van der Waals surface area (Å²) in [6.07, 6.45) is 2.16. The molecule has 1 aromatic carbocycles. The molecule has 0 unspecified atom stereocenters. The van der Waals surface area contributed by atoms with E-state index in [4.69, 9.17) is 16.3 Å². The van der Waals surface area contributed by atoms with Crippen LogP contribution in [0, 0.1) is 0 Å². The Morgan fingerprint density at radius 1 is 1.50 bits per heavy atom. The molecule has 0 aliphatic carbocycles. The highest BCUT2D eigenvalue weighted by atomic mass is 35.5. The molecule has 16 heavy (non-hydrogen) atoms. The van der Waals surface area contributed by atoms with Gasteiger partial charge in [0.1, 0.15) is 0 Å². The van der Waals surface area contributed by atoms with E-state index in [9.17, 15) is 4.79 Å². The van der Waals surface area contributed by atoms with Crippen LogP contribution in [0.4, 0.5) is 5.69 Å². The SMILES string of the molecule is CCCCNc1ccc(Cl)cc1C(=O)OC. The Morgan fingerprint density at radius 3 is 2.88 bits per heavy atom. The Hall–Kier alpha value is -1.22. The van der Waals surface area contributed by atoms with Gasteiger partial charge < -0.3 is 10.1 Å². The lowest BCUT2D eigenvalue weighted by Gasteiger charge is -2.10. The fourth-order valence-corrected chi connectivity index (χ4v) is 1.52. The van der Waals surface area contributed by atoms with Gasteiger partial charge in [0.15, 0.2) is 0 Å². The maximum absolute atomic E-state index is 11.5. The summed E-state index contributed by atoms with van der Waals surface area (Å²) in [5, 5.41) is 3.73. The average molecular weight is 242 g/mol. The second-order valence-electron chi connectivity index (χ2n) is 3.46. The first-order valence-corrected chi connectivity index (χ1v) is 5.68. The molecule has 1 aromatic rings. The third kappa shape index (κ3) is 3.42. The van der Waals surface area contributed by atoms with Crippen LogP contribution in [0.25, 0.3) is 0 Å². The first-order chi connectivity index (χ1) is 7.69. The van der Waals surface area contributed by atoms with Crippen LogP contribution in [0.2, 0.25) is 5.02 Å². The number of hydrogen-bond donors (Lipinski definition) is 1. The van der Waals surface area contributed by atoms with E-state index in [2.05, 4.69) is 12.2 Å². The number of benzene rings is 1. The van der Waals surface area contributed by atoms with Gasteiger partial charge in [-0.25, -0.2) is 4.79 Å². The average Bonchev–Trinajstić information content (AvgIpc) is 2.30. The molecule has 0 aromatic heterocycles. The predicted octanol–water partition coefficient (Wildman–Crippen LogP) is 3.34. The molecule has 0 bridgehead atoms. The molecule has 0 heterocycles. The van der Waals surface area contributed by atoms with E-state index in [1.54, 1.807) is 18.2 Å². The largest absolute Gasteiger partial charge is 0.465 e. The maximum atomic E-state index is 11.5. The van der Waals surface area contributed by atoms with Gasteiger partial charge in [-0.1, -0.05) is 24.9 Å². The van der Waals surface area contributed by atoms with Crippen LogP contribution in [0.15, 0.2) is 18.2 Å². The van der Waals surface area contributed by atoms with E-state index in [0.29, 0.717) is 10.6 Å². The number of nitrogens with one attached hydrogen (secondary N) is 1. The molecule has 1 rings (SSSR count). The predicted molar refractivity (Wildman–Crippen MR) is 66.2 cm³/mol. The highest BCUT2D eigenvalue weighted by Crippen LogP contribution is 2.21. The second-order valence-corrected chi connectivity index (χ2v) is 3.90. The molecule has 0 amide bonds. The molecule has 0 aliphatic rings. The molecule has 0 atom stereocenters. The van der Waals surface area contributed by atoms with E-state index in [0.717, 1.165) is 25.1 Å². The summed E-state index contributed by atoms with van der Waals surface area (Å²) in [5.74, 6) is -0.374. The number of methoxy groups -OCH3 is 1. The number of ether oxygens (including phenoxy) is 1. The molecule has 1 N–H and O–H groups in total. The Bertz CT molecular complexity index is 366. The van der Waals surface area contributed by atoms with Crippen LogP contribution in [-0.4, -0.2) is 19.6 Å². The normalized spacial score (nSPS) is 9.94. The molecule has 4 heteroatoms. The van der Waals surface area contributed by atoms with Gasteiger partial charge in [0.05, 0.1) is 12.7 Å². The van der Waals surface area contributed by atoms with Gasteiger partial charge in [-0.05, 0) is 24.6 Å². The van der Waals surface area contributed by atoms with E-state index < -0.39 is 0 Å². The Labute approximate surface area is 101 Å². The molecule has 3 nitrogen and oxygen atoms in total. The second kappa shape index (κ2) is 6.38. The Morgan fingerprint density at radius 2 is 2.25 bits per heavy atom. The van der Waals surface area contributed by atoms with Crippen molar-refractivity contribution in [3.05, 3.63) is 28.8 Å². The summed E-state index contributed by atoms with van der Waals surface area (Å²) in [5.41, 5.74) is 1.25. The van der Waals surface area contributed by atoms with Gasteiger partial charge in [0, 0.05) is 17.3 Å². The van der Waals surface area contributed by atoms with Gasteiger partial charge in [0.2, 0.25) is 0 Å². The summed E-state index contributed by atoms with van der Waals surface area (Å²) in [6, 6.07) is 5.16. The van der Waals surface area contributed by atoms with Crippen molar-refractivity contribution in [2.24, 2.45) is 0 Å². The minimum atomic E-state index is -0.374. The van der Waals surface area contributed by atoms with Crippen molar-refractivity contribution < 1.29 is 9.53 Å². The quantitative estimate of drug-likeness (QED) is 0.635. The molecular weight excluding hydrogens is 226 g/mol. The molecule has 0 spiro atoms. The zero-order chi connectivity index (χ0) is 12.0. The van der Waals surface area contributed by atoms with Crippen molar-refractivity contribution in [2.45, 2.75) is 19.8 Å². The fourth-order valence-electron chi connectivity index (χ4n) is 1.35. The number of unbranched alkanes of at least 4 members (excludes halogenated alkanes) is 1. The molecule has 0 aliphatic heterocycles. The van der Waals surface area contributed by atoms with Crippen LogP contribution >= 0.6 is 11.6 Å². The lowest BCUT2D eigenvalue weighted by molar-refractivity contribution is 0.0602. The van der Waals surface area contributed by atoms with E-state index in [1.165, 1.54) is 7.11 Å². The fraction of sp³-hybridized carbons (Fsp3) is 0.417. The van der Waals surface area contributed by atoms with Gasteiger partial charge >= 0.3 is 5.97 Å². The van der Waals surface area contributed by atoms with Gasteiger partial charge in [-0.3, -0.25) is 0 Å². The Balaban J connectivity index is 2.85. The van der Waals surface area contributed by atoms with E-state index in [1.807, 2.05) is 0 Å². The highest BCUT2D eigenvalue weighted by molar-refractivity contribution is 6.31. The van der Waals surface area contributed by atoms with Crippen LogP contribution in [-0.2, 0) is 4.74 Å². The lowest BCUT2D eigenvalue weighted by Crippen LogP contribution is -2.09. The molecule has 0 radical (unpaired) electrons. The van der Waals surface area contributed by atoms with Crippen LogP contribution in [0.1, 0.15) is 30.1 Å². The topological polar surface area (TPSA) is 38.3 Å². The minimum absolute atomic E-state index is 0.374. The van der Waals surface area contributed by atoms with Crippen molar-refractivity contribution in [3.63, 3.8) is 0 Å². The first kappa shape index (κ1) is 12.8. The minimum Gasteiger partial charge on any atom is -0.465 e. The molecule has 88 valence electrons. The number of halogens is 1. The summed E-state index contributed by atoms with van der Waals surface area (Å²) in [4.78, 5) is 11.5. The molecule has 0 saturated carbocycles. The van der Waals surface area contributed by atoms with Gasteiger partial charge in [-0.2, -0.15) is 0 Å². The monoisotopic (exact) mass is 241 g/mol. The zero-order valence-electron chi connectivity index (χ0n) is 9.55. The third-order valence-corrected chi connectivity index (χ3v) is 2.47. The summed E-state index contributed by atoms with van der Waals surface area (Å²) >= 11 is 5.84. The number of rotatable bonds is 5. The van der Waals surface area contributed by atoms with Crippen molar-refractivity contribution in [2.75, 3.05) is 19.0 Å². The third-order valence-electron chi connectivity index (χ3n) is 2.23. The van der Waals surface area contributed by atoms with Crippen molar-refractivity contribution in [1.29, 1.82) is 0 Å². The summed E-state index contributed by atoms with van der Waals surface area (Å²) < 4.78 is 4.70. The number of esters is 1. The Kier molecular flexibility index (Phi) is 5.12. The smallest absolute Gasteiger partial charge is 0.340 e. The lowest BCUT2D eigenvalue weighted by atomic mass is 10.1. The first-order valence-electron chi connectivity index (χ1n) is 5.30. The summed E-state index contributed by atoms with van der Waals surface area (Å²) in [6.45, 7) is 2.95.